The first-order valence-electron chi connectivity index (χ1n) is 7.39. The zero-order valence-electron chi connectivity index (χ0n) is 13.6. The number of carbonyl (C=O) groups is 3. The van der Waals surface area contributed by atoms with Crippen LogP contribution in [0.5, 0.6) is 0 Å². The average molecular weight is 338 g/mol. The first kappa shape index (κ1) is 18.1. The summed E-state index contributed by atoms with van der Waals surface area (Å²) in [6.45, 7) is 1.33. The van der Waals surface area contributed by atoms with Gasteiger partial charge < -0.3 is 14.6 Å². The summed E-state index contributed by atoms with van der Waals surface area (Å²) in [4.78, 5) is 36.8. The molecule has 6 nitrogen and oxygen atoms in total. The van der Waals surface area contributed by atoms with E-state index < -0.39 is 53.3 Å². The Bertz CT molecular complexity index is 669. The molecule has 0 radical (unpaired) electrons. The minimum atomic E-state index is -1.73. The van der Waals surface area contributed by atoms with Crippen LogP contribution in [0.1, 0.15) is 24.8 Å². The molecule has 1 aliphatic rings. The highest BCUT2D eigenvalue weighted by atomic mass is 19.1. The summed E-state index contributed by atoms with van der Waals surface area (Å²) < 4.78 is 23.1. The Morgan fingerprint density at radius 1 is 1.25 bits per heavy atom. The van der Waals surface area contributed by atoms with Gasteiger partial charge >= 0.3 is 11.9 Å². The summed E-state index contributed by atoms with van der Waals surface area (Å²) in [5.41, 5.74) is -1.49. The van der Waals surface area contributed by atoms with Gasteiger partial charge in [-0.25, -0.2) is 4.39 Å². The Hall–Kier alpha value is -2.28. The van der Waals surface area contributed by atoms with Crippen molar-refractivity contribution in [2.24, 2.45) is 11.8 Å². The maximum Gasteiger partial charge on any atom is 0.316 e. The molecule has 0 aliphatic heterocycles. The maximum atomic E-state index is 13.7. The second kappa shape index (κ2) is 6.68. The molecule has 0 heterocycles. The fourth-order valence-corrected chi connectivity index (χ4v) is 3.38. The van der Waals surface area contributed by atoms with Gasteiger partial charge in [0, 0.05) is 12.3 Å². The van der Waals surface area contributed by atoms with Crippen molar-refractivity contribution in [2.75, 3.05) is 14.2 Å². The molecule has 24 heavy (non-hydrogen) atoms. The van der Waals surface area contributed by atoms with Crippen molar-refractivity contribution in [3.8, 4) is 0 Å². The number of carbonyl (C=O) groups excluding carboxylic acids is 3. The van der Waals surface area contributed by atoms with Gasteiger partial charge in [0.1, 0.15) is 11.7 Å². The van der Waals surface area contributed by atoms with Crippen molar-refractivity contribution in [3.05, 3.63) is 35.6 Å². The minimum Gasteiger partial charge on any atom is -0.469 e. The molecule has 0 bridgehead atoms. The monoisotopic (exact) mass is 338 g/mol. The van der Waals surface area contributed by atoms with E-state index in [4.69, 9.17) is 4.74 Å². The van der Waals surface area contributed by atoms with Crippen molar-refractivity contribution in [1.82, 2.24) is 0 Å². The zero-order valence-corrected chi connectivity index (χ0v) is 13.6. The lowest BCUT2D eigenvalue weighted by atomic mass is 9.62. The summed E-state index contributed by atoms with van der Waals surface area (Å²) in [6.07, 6.45) is -0.404. The van der Waals surface area contributed by atoms with E-state index in [-0.39, 0.29) is 5.56 Å². The minimum absolute atomic E-state index is 0.245. The standard InChI is InChI=1S/C17H19FO6/c1-17(22)8-11(19)13(15(20)23-2)12(14(17)16(21)24-3)9-5-4-6-10(18)7-9/h4-7,12-14,22H,8H2,1-3H3/t12-,13-,14-,17-/m1/s1. The van der Waals surface area contributed by atoms with Gasteiger partial charge in [0.05, 0.1) is 25.7 Å². The van der Waals surface area contributed by atoms with E-state index >= 15 is 0 Å². The van der Waals surface area contributed by atoms with Crippen LogP contribution in [0.25, 0.3) is 0 Å². The Morgan fingerprint density at radius 2 is 1.88 bits per heavy atom. The average Bonchev–Trinajstić information content (AvgIpc) is 2.52. The van der Waals surface area contributed by atoms with Crippen LogP contribution in [-0.4, -0.2) is 42.6 Å². The number of Topliss-reactive ketones (excluding diaryl/α,β-unsaturated/α-hetero) is 1. The lowest BCUT2D eigenvalue weighted by Crippen LogP contribution is -2.55. The first-order chi connectivity index (χ1) is 11.2. The summed E-state index contributed by atoms with van der Waals surface area (Å²) >= 11 is 0. The van der Waals surface area contributed by atoms with Gasteiger partial charge in [-0.3, -0.25) is 14.4 Å². The Kier molecular flexibility index (Phi) is 5.03. The van der Waals surface area contributed by atoms with Gasteiger partial charge in [-0.15, -0.1) is 0 Å². The van der Waals surface area contributed by atoms with Crippen LogP contribution in [0.3, 0.4) is 0 Å². The molecule has 2 rings (SSSR count). The molecule has 0 saturated heterocycles. The molecule has 1 fully saturated rings. The fraction of sp³-hybridized carbons (Fsp3) is 0.471. The molecular formula is C17H19FO6. The van der Waals surface area contributed by atoms with Gasteiger partial charge in [0.25, 0.3) is 0 Å². The highest BCUT2D eigenvalue weighted by Crippen LogP contribution is 2.46. The topological polar surface area (TPSA) is 89.9 Å². The maximum absolute atomic E-state index is 13.7. The van der Waals surface area contributed by atoms with Crippen molar-refractivity contribution >= 4 is 17.7 Å². The smallest absolute Gasteiger partial charge is 0.316 e. The molecule has 1 aliphatic carbocycles. The lowest BCUT2D eigenvalue weighted by Gasteiger charge is -2.43. The second-order valence-corrected chi connectivity index (χ2v) is 6.08. The van der Waals surface area contributed by atoms with Crippen LogP contribution in [0, 0.1) is 17.7 Å². The molecule has 130 valence electrons. The van der Waals surface area contributed by atoms with E-state index in [1.165, 1.54) is 25.1 Å². The molecule has 1 N–H and O–H groups in total. The van der Waals surface area contributed by atoms with Crippen LogP contribution in [0.2, 0.25) is 0 Å². The fourth-order valence-electron chi connectivity index (χ4n) is 3.38. The number of benzene rings is 1. The number of halogens is 1. The number of aliphatic hydroxyl groups is 1. The molecule has 0 spiro atoms. The normalized spacial score (nSPS) is 29.9. The van der Waals surface area contributed by atoms with Crippen LogP contribution in [-0.2, 0) is 23.9 Å². The lowest BCUT2D eigenvalue weighted by molar-refractivity contribution is -0.170. The Balaban J connectivity index is 2.65. The molecule has 0 amide bonds. The van der Waals surface area contributed by atoms with Crippen molar-refractivity contribution in [1.29, 1.82) is 0 Å². The summed E-state index contributed by atoms with van der Waals surface area (Å²) in [5, 5.41) is 10.6. The SMILES string of the molecule is COC(=O)[C@@H]1C(=O)C[C@@](C)(O)[C@@H](C(=O)OC)[C@@H]1c1cccc(F)c1. The Labute approximate surface area is 138 Å². The molecule has 7 heteroatoms. The van der Waals surface area contributed by atoms with E-state index in [0.29, 0.717) is 0 Å². The molecular weight excluding hydrogens is 319 g/mol. The van der Waals surface area contributed by atoms with E-state index in [1.54, 1.807) is 0 Å². The third kappa shape index (κ3) is 3.17. The predicted octanol–water partition coefficient (Wildman–Crippen LogP) is 1.21. The van der Waals surface area contributed by atoms with Crippen LogP contribution in [0.4, 0.5) is 4.39 Å². The van der Waals surface area contributed by atoms with E-state index in [9.17, 15) is 23.9 Å². The van der Waals surface area contributed by atoms with Crippen LogP contribution >= 0.6 is 0 Å². The summed E-state index contributed by atoms with van der Waals surface area (Å²) in [5.74, 6) is -6.39. The van der Waals surface area contributed by atoms with Crippen LogP contribution in [0.15, 0.2) is 24.3 Å². The van der Waals surface area contributed by atoms with Crippen molar-refractivity contribution in [2.45, 2.75) is 24.9 Å². The van der Waals surface area contributed by atoms with Gasteiger partial charge in [-0.2, -0.15) is 0 Å². The van der Waals surface area contributed by atoms with E-state index in [0.717, 1.165) is 20.3 Å². The third-order valence-corrected chi connectivity index (χ3v) is 4.41. The number of ketones is 1. The molecule has 0 aromatic heterocycles. The molecule has 1 saturated carbocycles. The number of esters is 2. The zero-order chi connectivity index (χ0) is 18.1. The number of rotatable bonds is 3. The summed E-state index contributed by atoms with van der Waals surface area (Å²) in [7, 11) is 2.27. The van der Waals surface area contributed by atoms with Gasteiger partial charge in [-0.1, -0.05) is 12.1 Å². The number of hydrogen-bond donors (Lipinski definition) is 1. The second-order valence-electron chi connectivity index (χ2n) is 6.08. The van der Waals surface area contributed by atoms with Crippen LogP contribution < -0.4 is 0 Å². The van der Waals surface area contributed by atoms with E-state index in [2.05, 4.69) is 4.74 Å². The number of hydrogen-bond acceptors (Lipinski definition) is 6. The van der Waals surface area contributed by atoms with Crippen molar-refractivity contribution in [3.63, 3.8) is 0 Å². The largest absolute Gasteiger partial charge is 0.469 e. The van der Waals surface area contributed by atoms with Gasteiger partial charge in [-0.05, 0) is 24.6 Å². The Morgan fingerprint density at radius 3 is 2.42 bits per heavy atom. The highest BCUT2D eigenvalue weighted by Gasteiger charge is 2.56. The summed E-state index contributed by atoms with van der Waals surface area (Å²) in [6, 6.07) is 5.23. The molecule has 1 aromatic carbocycles. The van der Waals surface area contributed by atoms with Crippen molar-refractivity contribution < 1.29 is 33.4 Å². The highest BCUT2D eigenvalue weighted by molar-refractivity contribution is 6.02. The molecule has 4 atom stereocenters. The van der Waals surface area contributed by atoms with Gasteiger partial charge in [0.15, 0.2) is 5.78 Å². The molecule has 0 unspecified atom stereocenters. The molecule has 1 aromatic rings. The predicted molar refractivity (Wildman–Crippen MR) is 80.4 cm³/mol. The van der Waals surface area contributed by atoms with Gasteiger partial charge in [0.2, 0.25) is 0 Å². The number of methoxy groups -OCH3 is 2. The first-order valence-corrected chi connectivity index (χ1v) is 7.39. The third-order valence-electron chi connectivity index (χ3n) is 4.41. The van der Waals surface area contributed by atoms with E-state index in [1.807, 2.05) is 0 Å². The quantitative estimate of drug-likeness (QED) is 0.658. The number of ether oxygens (including phenoxy) is 2.